The maximum absolute atomic E-state index is 5.86. The van der Waals surface area contributed by atoms with Gasteiger partial charge >= 0.3 is 0 Å². The van der Waals surface area contributed by atoms with Gasteiger partial charge in [-0.3, -0.25) is 4.90 Å². The fourth-order valence-corrected chi connectivity index (χ4v) is 3.46. The van der Waals surface area contributed by atoms with Crippen LogP contribution in [0.2, 0.25) is 0 Å². The van der Waals surface area contributed by atoms with Gasteiger partial charge in [0.25, 0.3) is 0 Å². The lowest BCUT2D eigenvalue weighted by Crippen LogP contribution is -2.24. The number of nitrogens with zero attached hydrogens (tertiary/aromatic N) is 1. The first-order valence-electron chi connectivity index (χ1n) is 6.94. The molecule has 0 spiro atoms. The van der Waals surface area contributed by atoms with Crippen molar-refractivity contribution in [2.45, 2.75) is 33.2 Å². The molecule has 0 aliphatic carbocycles. The van der Waals surface area contributed by atoms with Gasteiger partial charge in [-0.05, 0) is 46.5 Å². The molecular weight excluding hydrogens is 274 g/mol. The van der Waals surface area contributed by atoms with Crippen LogP contribution in [0.15, 0.2) is 23.6 Å². The van der Waals surface area contributed by atoms with E-state index in [0.29, 0.717) is 11.8 Å². The molecule has 0 saturated carbocycles. The summed E-state index contributed by atoms with van der Waals surface area (Å²) >= 11 is 7.71. The highest BCUT2D eigenvalue weighted by molar-refractivity contribution is 7.17. The largest absolute Gasteiger partial charge is 0.298 e. The van der Waals surface area contributed by atoms with Crippen LogP contribution in [0.4, 0.5) is 0 Å². The average molecular weight is 296 g/mol. The minimum Gasteiger partial charge on any atom is -0.298 e. The Labute approximate surface area is 125 Å². The Morgan fingerprint density at radius 2 is 2.11 bits per heavy atom. The first-order chi connectivity index (χ1) is 9.15. The number of benzene rings is 1. The van der Waals surface area contributed by atoms with Crippen molar-refractivity contribution in [3.8, 4) is 0 Å². The molecule has 2 rings (SSSR count). The molecule has 0 aliphatic rings. The topological polar surface area (TPSA) is 3.24 Å². The second-order valence-corrected chi connectivity index (χ2v) is 6.52. The number of hydrogen-bond acceptors (Lipinski definition) is 2. The Hall–Kier alpha value is -0.570. The maximum atomic E-state index is 5.86. The number of fused-ring (bicyclic) bond motifs is 1. The highest BCUT2D eigenvalue weighted by atomic mass is 35.5. The summed E-state index contributed by atoms with van der Waals surface area (Å²) in [6, 6.07) is 6.88. The van der Waals surface area contributed by atoms with Gasteiger partial charge in [-0.1, -0.05) is 26.8 Å². The van der Waals surface area contributed by atoms with Crippen LogP contribution in [0.3, 0.4) is 0 Å². The van der Waals surface area contributed by atoms with Crippen molar-refractivity contribution < 1.29 is 0 Å². The van der Waals surface area contributed by atoms with E-state index in [0.717, 1.165) is 19.6 Å². The molecular formula is C16H22ClNS. The van der Waals surface area contributed by atoms with E-state index < -0.39 is 0 Å². The van der Waals surface area contributed by atoms with Gasteiger partial charge in [-0.25, -0.2) is 0 Å². The van der Waals surface area contributed by atoms with E-state index in [1.54, 1.807) is 0 Å². The molecule has 0 bridgehead atoms. The van der Waals surface area contributed by atoms with Crippen LogP contribution in [0.1, 0.15) is 37.8 Å². The molecule has 19 heavy (non-hydrogen) atoms. The molecule has 0 saturated heterocycles. The van der Waals surface area contributed by atoms with Gasteiger partial charge in [0, 0.05) is 23.7 Å². The van der Waals surface area contributed by atoms with Crippen molar-refractivity contribution in [3.05, 3.63) is 34.7 Å². The van der Waals surface area contributed by atoms with Gasteiger partial charge in [0.15, 0.2) is 0 Å². The zero-order chi connectivity index (χ0) is 13.8. The number of thiophene rings is 1. The number of alkyl halides is 1. The monoisotopic (exact) mass is 295 g/mol. The van der Waals surface area contributed by atoms with Gasteiger partial charge in [0.05, 0.1) is 0 Å². The molecule has 0 amide bonds. The summed E-state index contributed by atoms with van der Waals surface area (Å²) in [7, 11) is 0. The van der Waals surface area contributed by atoms with E-state index in [1.807, 2.05) is 11.3 Å². The molecule has 104 valence electrons. The molecule has 0 radical (unpaired) electrons. The molecule has 1 heterocycles. The van der Waals surface area contributed by atoms with E-state index in [2.05, 4.69) is 49.3 Å². The predicted octanol–water partition coefficient (Wildman–Crippen LogP) is 5.09. The SMILES string of the molecule is CCN(CCCl)Cc1csc2ccc(C(C)C)cc12. The van der Waals surface area contributed by atoms with E-state index in [4.69, 9.17) is 11.6 Å². The predicted molar refractivity (Wildman–Crippen MR) is 87.6 cm³/mol. The van der Waals surface area contributed by atoms with Crippen LogP contribution in [0.5, 0.6) is 0 Å². The zero-order valence-corrected chi connectivity index (χ0v) is 13.5. The fourth-order valence-electron chi connectivity index (χ4n) is 2.29. The number of rotatable bonds is 6. The molecule has 1 nitrogen and oxygen atoms in total. The van der Waals surface area contributed by atoms with Crippen molar-refractivity contribution >= 4 is 33.0 Å². The van der Waals surface area contributed by atoms with Crippen molar-refractivity contribution in [1.29, 1.82) is 0 Å². The highest BCUT2D eigenvalue weighted by Gasteiger charge is 2.10. The number of halogens is 1. The van der Waals surface area contributed by atoms with Gasteiger partial charge in [-0.2, -0.15) is 0 Å². The summed E-state index contributed by atoms with van der Waals surface area (Å²) in [5.74, 6) is 1.29. The van der Waals surface area contributed by atoms with Crippen LogP contribution >= 0.6 is 22.9 Å². The van der Waals surface area contributed by atoms with Crippen LogP contribution in [-0.4, -0.2) is 23.9 Å². The van der Waals surface area contributed by atoms with E-state index in [9.17, 15) is 0 Å². The summed E-state index contributed by atoms with van der Waals surface area (Å²) in [5, 5.41) is 3.72. The Morgan fingerprint density at radius 3 is 2.74 bits per heavy atom. The summed E-state index contributed by atoms with van der Waals surface area (Å²) < 4.78 is 1.39. The lowest BCUT2D eigenvalue weighted by Gasteiger charge is -2.18. The Bertz CT molecular complexity index is 533. The van der Waals surface area contributed by atoms with Crippen LogP contribution in [0.25, 0.3) is 10.1 Å². The number of hydrogen-bond donors (Lipinski definition) is 0. The molecule has 1 aromatic heterocycles. The Morgan fingerprint density at radius 1 is 1.32 bits per heavy atom. The summed E-state index contributed by atoms with van der Waals surface area (Å²) in [4.78, 5) is 2.40. The van der Waals surface area contributed by atoms with Crippen LogP contribution < -0.4 is 0 Å². The smallest absolute Gasteiger partial charge is 0.0351 e. The van der Waals surface area contributed by atoms with Crippen molar-refractivity contribution in [2.24, 2.45) is 0 Å². The van der Waals surface area contributed by atoms with Gasteiger partial charge in [0.2, 0.25) is 0 Å². The maximum Gasteiger partial charge on any atom is 0.0351 e. The Kier molecular flexibility index (Phi) is 5.26. The van der Waals surface area contributed by atoms with Gasteiger partial charge in [-0.15, -0.1) is 22.9 Å². The molecule has 0 atom stereocenters. The fraction of sp³-hybridized carbons (Fsp3) is 0.500. The molecule has 1 aromatic carbocycles. The van der Waals surface area contributed by atoms with Gasteiger partial charge < -0.3 is 0 Å². The minimum atomic E-state index is 0.585. The molecule has 3 heteroatoms. The van der Waals surface area contributed by atoms with Crippen LogP contribution in [0, 0.1) is 0 Å². The van der Waals surface area contributed by atoms with Crippen molar-refractivity contribution in [3.63, 3.8) is 0 Å². The second-order valence-electron chi connectivity index (χ2n) is 5.23. The van der Waals surface area contributed by atoms with Crippen molar-refractivity contribution in [2.75, 3.05) is 19.0 Å². The first-order valence-corrected chi connectivity index (χ1v) is 8.35. The quantitative estimate of drug-likeness (QED) is 0.671. The van der Waals surface area contributed by atoms with E-state index in [-0.39, 0.29) is 0 Å². The normalized spacial score (nSPS) is 11.9. The minimum absolute atomic E-state index is 0.585. The summed E-state index contributed by atoms with van der Waals surface area (Å²) in [6.07, 6.45) is 0. The van der Waals surface area contributed by atoms with E-state index >= 15 is 0 Å². The molecule has 0 unspecified atom stereocenters. The first kappa shape index (κ1) is 14.8. The molecule has 2 aromatic rings. The molecule has 0 N–H and O–H groups in total. The van der Waals surface area contributed by atoms with Gasteiger partial charge in [0.1, 0.15) is 0 Å². The third-order valence-electron chi connectivity index (χ3n) is 3.59. The second kappa shape index (κ2) is 6.74. The van der Waals surface area contributed by atoms with Crippen LogP contribution in [-0.2, 0) is 6.54 Å². The molecule has 0 aliphatic heterocycles. The Balaban J connectivity index is 2.29. The molecule has 0 fully saturated rings. The third kappa shape index (κ3) is 3.50. The lowest BCUT2D eigenvalue weighted by molar-refractivity contribution is 0.299. The van der Waals surface area contributed by atoms with E-state index in [1.165, 1.54) is 21.2 Å². The standard InChI is InChI=1S/C16H22ClNS/c1-4-18(8-7-17)10-14-11-19-16-6-5-13(12(2)3)9-15(14)16/h5-6,9,11-12H,4,7-8,10H2,1-3H3. The third-order valence-corrected chi connectivity index (χ3v) is 4.77. The highest BCUT2D eigenvalue weighted by Crippen LogP contribution is 2.30. The summed E-state index contributed by atoms with van der Waals surface area (Å²) in [5.41, 5.74) is 2.86. The zero-order valence-electron chi connectivity index (χ0n) is 11.9. The van der Waals surface area contributed by atoms with Crippen molar-refractivity contribution in [1.82, 2.24) is 4.90 Å². The average Bonchev–Trinajstić information content (AvgIpc) is 2.80. The lowest BCUT2D eigenvalue weighted by atomic mass is 10.0. The summed E-state index contributed by atoms with van der Waals surface area (Å²) in [6.45, 7) is 9.71.